The molecule has 0 radical (unpaired) electrons. The van der Waals surface area contributed by atoms with Crippen molar-refractivity contribution in [2.24, 2.45) is 17.6 Å². The smallest absolute Gasteiger partial charge is 0.411 e. The summed E-state index contributed by atoms with van der Waals surface area (Å²) in [4.78, 5) is 55.0. The highest BCUT2D eigenvalue weighted by Crippen LogP contribution is 2.53. The van der Waals surface area contributed by atoms with E-state index in [9.17, 15) is 39.6 Å². The van der Waals surface area contributed by atoms with Crippen LogP contribution in [0.1, 0.15) is 28.8 Å². The zero-order valence-electron chi connectivity index (χ0n) is 23.2. The van der Waals surface area contributed by atoms with E-state index < -0.39 is 69.9 Å². The van der Waals surface area contributed by atoms with Crippen molar-refractivity contribution in [2.45, 2.75) is 30.9 Å². The number of anilines is 2. The van der Waals surface area contributed by atoms with E-state index in [-0.39, 0.29) is 36.3 Å². The lowest BCUT2D eigenvalue weighted by Gasteiger charge is -2.50. The molecule has 0 unspecified atom stereocenters. The molecule has 0 heterocycles. The number of fused-ring (bicyclic) bond motifs is 3. The van der Waals surface area contributed by atoms with E-state index in [2.05, 4.69) is 11.9 Å². The molecule has 220 valence electrons. The number of aromatic hydroxyl groups is 1. The molecule has 1 aromatic carbocycles. The number of carbonyl (C=O) groups is 4. The van der Waals surface area contributed by atoms with Crippen molar-refractivity contribution in [2.75, 3.05) is 45.0 Å². The summed E-state index contributed by atoms with van der Waals surface area (Å²) in [6.07, 6.45) is 1.17. The van der Waals surface area contributed by atoms with E-state index in [1.54, 1.807) is 39.2 Å². The molecule has 4 rings (SSSR count). The Bertz CT molecular complexity index is 1430. The van der Waals surface area contributed by atoms with Crippen molar-refractivity contribution < 1.29 is 44.3 Å². The number of ether oxygens (including phenoxy) is 1. The van der Waals surface area contributed by atoms with Crippen LogP contribution in [0.4, 0.5) is 16.2 Å². The summed E-state index contributed by atoms with van der Waals surface area (Å²) in [5, 5.41) is 47.6. The summed E-state index contributed by atoms with van der Waals surface area (Å²) in [7, 11) is 6.54. The molecule has 1 aromatic rings. The largest absolute Gasteiger partial charge is 0.510 e. The number of phenolic OH excluding ortho intramolecular Hbond substituents is 1. The van der Waals surface area contributed by atoms with Gasteiger partial charge in [-0.25, -0.2) is 4.79 Å². The number of ketones is 2. The van der Waals surface area contributed by atoms with Gasteiger partial charge in [0.2, 0.25) is 5.78 Å². The Labute approximate surface area is 236 Å². The molecule has 13 heteroatoms. The van der Waals surface area contributed by atoms with Gasteiger partial charge in [-0.2, -0.15) is 0 Å². The number of hydrogen-bond acceptors (Lipinski definition) is 11. The van der Waals surface area contributed by atoms with E-state index in [4.69, 9.17) is 10.5 Å². The van der Waals surface area contributed by atoms with Crippen LogP contribution in [0, 0.1) is 11.8 Å². The Kier molecular flexibility index (Phi) is 7.63. The van der Waals surface area contributed by atoms with Crippen LogP contribution < -0.4 is 16.0 Å². The van der Waals surface area contributed by atoms with Gasteiger partial charge in [-0.15, -0.1) is 6.58 Å². The number of hydrogen-bond donors (Lipinski definition) is 6. The number of benzene rings is 1. The summed E-state index contributed by atoms with van der Waals surface area (Å²) >= 11 is 0. The second-order valence-corrected chi connectivity index (χ2v) is 10.8. The maximum Gasteiger partial charge on any atom is 0.411 e. The number of nitrogens with two attached hydrogens (primary N) is 1. The molecule has 0 saturated carbocycles. The highest BCUT2D eigenvalue weighted by molar-refractivity contribution is 6.25. The predicted octanol–water partition coefficient (Wildman–Crippen LogP) is 1.31. The number of allylic oxidation sites excluding steroid dienone is 1. The molecular formula is C28H34N4O9. The quantitative estimate of drug-likeness (QED) is 0.119. The van der Waals surface area contributed by atoms with Crippen LogP contribution in [-0.4, -0.2) is 95.3 Å². The maximum atomic E-state index is 14.0. The first kappa shape index (κ1) is 29.6. The fraction of sp³-hybridized carbons (Fsp3) is 0.429. The van der Waals surface area contributed by atoms with Crippen LogP contribution in [0.15, 0.2) is 41.4 Å². The number of aliphatic hydroxyl groups excluding tert-OH is 2. The first-order chi connectivity index (χ1) is 19.2. The first-order valence-corrected chi connectivity index (χ1v) is 12.9. The van der Waals surface area contributed by atoms with Gasteiger partial charge in [0.15, 0.2) is 17.1 Å². The third-order valence-electron chi connectivity index (χ3n) is 7.97. The molecule has 7 N–H and O–H groups in total. The highest BCUT2D eigenvalue weighted by atomic mass is 16.5. The van der Waals surface area contributed by atoms with Crippen LogP contribution in [-0.2, 0) is 20.7 Å². The van der Waals surface area contributed by atoms with E-state index >= 15 is 0 Å². The second kappa shape index (κ2) is 10.6. The Hall–Kier alpha value is -4.36. The third kappa shape index (κ3) is 4.50. The Morgan fingerprint density at radius 3 is 2.44 bits per heavy atom. The minimum absolute atomic E-state index is 0.0327. The van der Waals surface area contributed by atoms with Gasteiger partial charge in [0.25, 0.3) is 5.91 Å². The van der Waals surface area contributed by atoms with Gasteiger partial charge < -0.3 is 35.8 Å². The average Bonchev–Trinajstić information content (AvgIpc) is 2.87. The zero-order valence-corrected chi connectivity index (χ0v) is 23.2. The van der Waals surface area contributed by atoms with Gasteiger partial charge in [0, 0.05) is 31.3 Å². The van der Waals surface area contributed by atoms with Crippen LogP contribution in [0.5, 0.6) is 5.75 Å². The minimum atomic E-state index is -2.74. The number of aliphatic hydroxyl groups is 3. The molecule has 3 aliphatic carbocycles. The standard InChI is InChI=1S/C28H34N4O9/c1-6-7-8-41-27(39)30-15-11-16(31(2)3)13-9-12-10-14-20(32(4)5)23(35)19(26(29)38)25(37)28(14,40)24(36)17(12)22(34)18(13)21(15)33/h6,11-12,14,20,33,35-36,40H,1,7-10H2,2-5H3,(H2,29,38)(H,30,39)/t12-,14-,20-,28-/m0/s1. The first-order valence-electron chi connectivity index (χ1n) is 12.9. The number of likely N-dealkylation sites (N-methyl/N-ethyl adjacent to an activating group) is 1. The Morgan fingerprint density at radius 2 is 1.88 bits per heavy atom. The normalized spacial score (nSPS) is 25.4. The van der Waals surface area contributed by atoms with E-state index in [1.165, 1.54) is 11.0 Å². The molecule has 41 heavy (non-hydrogen) atoms. The number of primary amides is 1. The number of phenols is 1. The van der Waals surface area contributed by atoms with Crippen molar-refractivity contribution in [1.82, 2.24) is 4.90 Å². The molecule has 2 amide bonds. The summed E-state index contributed by atoms with van der Waals surface area (Å²) in [6.45, 7) is 3.59. The SMILES string of the molecule is C=CCCOC(=O)Nc1cc(N(C)C)c2c(c1O)C(=O)C1=C(O)[C@]3(O)C(=O)C(C(N)=O)=C(O)[C@@H](N(C)C)[C@@H]3C[C@@H]1C2. The average molecular weight is 571 g/mol. The van der Waals surface area contributed by atoms with Gasteiger partial charge in [0.1, 0.15) is 17.1 Å². The maximum absolute atomic E-state index is 14.0. The van der Waals surface area contributed by atoms with Gasteiger partial charge in [-0.1, -0.05) is 6.08 Å². The van der Waals surface area contributed by atoms with Crippen LogP contribution in [0.3, 0.4) is 0 Å². The number of carbonyl (C=O) groups excluding carboxylic acids is 4. The second-order valence-electron chi connectivity index (χ2n) is 10.8. The lowest BCUT2D eigenvalue weighted by Crippen LogP contribution is -2.63. The molecule has 13 nitrogen and oxygen atoms in total. The predicted molar refractivity (Wildman–Crippen MR) is 148 cm³/mol. The molecule has 0 spiro atoms. The van der Waals surface area contributed by atoms with Crippen molar-refractivity contribution in [3.63, 3.8) is 0 Å². The lowest BCUT2D eigenvalue weighted by atomic mass is 9.58. The Balaban J connectivity index is 1.89. The monoisotopic (exact) mass is 570 g/mol. The van der Waals surface area contributed by atoms with Gasteiger partial charge in [-0.3, -0.25) is 24.6 Å². The van der Waals surface area contributed by atoms with Crippen LogP contribution in [0.2, 0.25) is 0 Å². The van der Waals surface area contributed by atoms with Crippen LogP contribution in [0.25, 0.3) is 0 Å². The summed E-state index contributed by atoms with van der Waals surface area (Å²) in [6, 6.07) is 0.408. The number of nitrogens with one attached hydrogen (secondary N) is 1. The summed E-state index contributed by atoms with van der Waals surface area (Å²) < 4.78 is 5.05. The van der Waals surface area contributed by atoms with E-state index in [1.807, 2.05) is 0 Å². The topological polar surface area (TPSA) is 203 Å². The molecule has 0 saturated heterocycles. The van der Waals surface area contributed by atoms with Gasteiger partial charge in [-0.05, 0) is 50.9 Å². The molecule has 0 aliphatic heterocycles. The number of nitrogens with zero attached hydrogens (tertiary/aromatic N) is 2. The molecule has 0 fully saturated rings. The number of rotatable bonds is 7. The fourth-order valence-corrected chi connectivity index (χ4v) is 6.17. The fourth-order valence-electron chi connectivity index (χ4n) is 6.17. The molecule has 0 aromatic heterocycles. The highest BCUT2D eigenvalue weighted by Gasteiger charge is 2.63. The van der Waals surface area contributed by atoms with Crippen molar-refractivity contribution >= 4 is 34.9 Å². The van der Waals surface area contributed by atoms with Gasteiger partial charge >= 0.3 is 6.09 Å². The summed E-state index contributed by atoms with van der Waals surface area (Å²) in [5.41, 5.74) is 2.02. The molecule has 3 aliphatic rings. The van der Waals surface area contributed by atoms with Crippen molar-refractivity contribution in [3.8, 4) is 5.75 Å². The number of Topliss-reactive ketones (excluding diaryl/α,β-unsaturated/α-hetero) is 2. The van der Waals surface area contributed by atoms with Crippen molar-refractivity contribution in [1.29, 1.82) is 0 Å². The molecule has 4 atom stereocenters. The van der Waals surface area contributed by atoms with Gasteiger partial charge in [0.05, 0.1) is 23.9 Å². The van der Waals surface area contributed by atoms with Crippen LogP contribution >= 0.6 is 0 Å². The zero-order chi connectivity index (χ0) is 30.5. The third-order valence-corrected chi connectivity index (χ3v) is 7.97. The summed E-state index contributed by atoms with van der Waals surface area (Å²) in [5.74, 6) is -7.51. The molecule has 0 bridgehead atoms. The van der Waals surface area contributed by atoms with E-state index in [0.29, 0.717) is 17.7 Å². The van der Waals surface area contributed by atoms with Crippen molar-refractivity contribution in [3.05, 3.63) is 52.5 Å². The van der Waals surface area contributed by atoms with E-state index in [0.717, 1.165) is 0 Å². The lowest BCUT2D eigenvalue weighted by molar-refractivity contribution is -0.148. The minimum Gasteiger partial charge on any atom is -0.510 e. The number of amides is 2. The molecular weight excluding hydrogens is 536 g/mol. The Morgan fingerprint density at radius 1 is 1.22 bits per heavy atom.